The van der Waals surface area contributed by atoms with Crippen LogP contribution < -0.4 is 0 Å². The smallest absolute Gasteiger partial charge is 0.258 e. The Bertz CT molecular complexity index is 442. The number of benzene rings is 1. The molecule has 0 bridgehead atoms. The van der Waals surface area contributed by atoms with E-state index < -0.39 is 0 Å². The summed E-state index contributed by atoms with van der Waals surface area (Å²) in [4.78, 5) is 10.9. The Labute approximate surface area is 102 Å². The molecule has 1 aromatic rings. The second-order valence-corrected chi connectivity index (χ2v) is 6.00. The van der Waals surface area contributed by atoms with Crippen LogP contribution in [0.2, 0.25) is 0 Å². The monoisotopic (exact) mass is 233 g/mol. The van der Waals surface area contributed by atoms with Crippen molar-refractivity contribution in [2.75, 3.05) is 0 Å². The molecule has 1 saturated carbocycles. The SMILES string of the molecule is CC(C)(C)c1ccc(CC2CC2)c([N+](=O)[O-])c1. The van der Waals surface area contributed by atoms with Gasteiger partial charge in [-0.3, -0.25) is 10.1 Å². The molecule has 0 radical (unpaired) electrons. The Morgan fingerprint density at radius 1 is 1.35 bits per heavy atom. The fraction of sp³-hybridized carbons (Fsp3) is 0.571. The van der Waals surface area contributed by atoms with Crippen molar-refractivity contribution in [2.45, 2.75) is 45.4 Å². The molecule has 17 heavy (non-hydrogen) atoms. The lowest BCUT2D eigenvalue weighted by molar-refractivity contribution is -0.385. The summed E-state index contributed by atoms with van der Waals surface area (Å²) in [7, 11) is 0. The Morgan fingerprint density at radius 3 is 2.47 bits per heavy atom. The highest BCUT2D eigenvalue weighted by Crippen LogP contribution is 2.36. The first-order valence-electron chi connectivity index (χ1n) is 6.16. The first kappa shape index (κ1) is 12.1. The molecule has 0 spiro atoms. The van der Waals surface area contributed by atoms with Crippen LogP contribution in [0.5, 0.6) is 0 Å². The third-order valence-corrected chi connectivity index (χ3v) is 3.35. The van der Waals surface area contributed by atoms with Crippen molar-refractivity contribution in [3.63, 3.8) is 0 Å². The number of hydrogen-bond donors (Lipinski definition) is 0. The molecule has 3 nitrogen and oxygen atoms in total. The third kappa shape index (κ3) is 2.84. The lowest BCUT2D eigenvalue weighted by atomic mass is 9.86. The number of hydrogen-bond acceptors (Lipinski definition) is 2. The largest absolute Gasteiger partial charge is 0.272 e. The van der Waals surface area contributed by atoms with E-state index in [4.69, 9.17) is 0 Å². The van der Waals surface area contributed by atoms with Gasteiger partial charge in [-0.2, -0.15) is 0 Å². The summed E-state index contributed by atoms with van der Waals surface area (Å²) in [5.74, 6) is 0.675. The van der Waals surface area contributed by atoms with Crippen molar-refractivity contribution in [2.24, 2.45) is 5.92 Å². The zero-order chi connectivity index (χ0) is 12.6. The molecule has 0 atom stereocenters. The average Bonchev–Trinajstić information content (AvgIpc) is 3.00. The van der Waals surface area contributed by atoms with Gasteiger partial charge in [-0.1, -0.05) is 32.9 Å². The maximum absolute atomic E-state index is 11.1. The van der Waals surface area contributed by atoms with E-state index in [2.05, 4.69) is 20.8 Å². The molecule has 0 amide bonds. The minimum absolute atomic E-state index is 0.0388. The van der Waals surface area contributed by atoms with E-state index in [1.807, 2.05) is 12.1 Å². The molecule has 1 aromatic carbocycles. The minimum atomic E-state index is -0.243. The standard InChI is InChI=1S/C14H19NO2/c1-14(2,3)12-7-6-11(8-10-4-5-10)13(9-12)15(16)17/h6-7,9-10H,4-5,8H2,1-3H3. The highest BCUT2D eigenvalue weighted by Gasteiger charge is 2.27. The van der Waals surface area contributed by atoms with E-state index in [9.17, 15) is 10.1 Å². The Kier molecular flexibility index (Phi) is 2.94. The van der Waals surface area contributed by atoms with Gasteiger partial charge < -0.3 is 0 Å². The van der Waals surface area contributed by atoms with E-state index in [-0.39, 0.29) is 10.3 Å². The highest BCUT2D eigenvalue weighted by atomic mass is 16.6. The first-order chi connectivity index (χ1) is 7.88. The maximum Gasteiger partial charge on any atom is 0.272 e. The lowest BCUT2D eigenvalue weighted by Gasteiger charge is -2.19. The normalized spacial score (nSPS) is 15.9. The van der Waals surface area contributed by atoms with Crippen molar-refractivity contribution in [3.8, 4) is 0 Å². The van der Waals surface area contributed by atoms with Crippen molar-refractivity contribution < 1.29 is 4.92 Å². The summed E-state index contributed by atoms with van der Waals surface area (Å²) in [5, 5.41) is 11.1. The zero-order valence-corrected chi connectivity index (χ0v) is 10.7. The molecule has 3 heteroatoms. The van der Waals surface area contributed by atoms with Crippen LogP contribution in [0.15, 0.2) is 18.2 Å². The van der Waals surface area contributed by atoms with Crippen LogP contribution in [-0.2, 0) is 11.8 Å². The topological polar surface area (TPSA) is 43.1 Å². The second kappa shape index (κ2) is 4.13. The van der Waals surface area contributed by atoms with Crippen LogP contribution in [0.4, 0.5) is 5.69 Å². The summed E-state index contributed by atoms with van der Waals surface area (Å²) >= 11 is 0. The Hall–Kier alpha value is -1.38. The molecule has 0 N–H and O–H groups in total. The Morgan fingerprint density at radius 2 is 2.00 bits per heavy atom. The predicted molar refractivity (Wildman–Crippen MR) is 68.2 cm³/mol. The van der Waals surface area contributed by atoms with Crippen molar-refractivity contribution >= 4 is 5.69 Å². The van der Waals surface area contributed by atoms with Gasteiger partial charge >= 0.3 is 0 Å². The van der Waals surface area contributed by atoms with Crippen molar-refractivity contribution in [3.05, 3.63) is 39.4 Å². The molecular formula is C14H19NO2. The quantitative estimate of drug-likeness (QED) is 0.588. The molecule has 0 unspecified atom stereocenters. The van der Waals surface area contributed by atoms with Gasteiger partial charge in [0.2, 0.25) is 0 Å². The van der Waals surface area contributed by atoms with Gasteiger partial charge in [0, 0.05) is 11.6 Å². The first-order valence-corrected chi connectivity index (χ1v) is 6.16. The summed E-state index contributed by atoms with van der Waals surface area (Å²) in [6.45, 7) is 6.23. The minimum Gasteiger partial charge on any atom is -0.258 e. The average molecular weight is 233 g/mol. The lowest BCUT2D eigenvalue weighted by Crippen LogP contribution is -2.12. The third-order valence-electron chi connectivity index (χ3n) is 3.35. The van der Waals surface area contributed by atoms with Gasteiger partial charge in [-0.15, -0.1) is 0 Å². The molecule has 0 saturated heterocycles. The fourth-order valence-electron chi connectivity index (χ4n) is 2.01. The van der Waals surface area contributed by atoms with Crippen LogP contribution in [0.3, 0.4) is 0 Å². The van der Waals surface area contributed by atoms with Crippen LogP contribution in [0.25, 0.3) is 0 Å². The zero-order valence-electron chi connectivity index (χ0n) is 10.7. The number of nitro groups is 1. The second-order valence-electron chi connectivity index (χ2n) is 6.00. The van der Waals surface area contributed by atoms with Gasteiger partial charge in [-0.25, -0.2) is 0 Å². The molecule has 0 heterocycles. The van der Waals surface area contributed by atoms with Gasteiger partial charge in [0.05, 0.1) is 4.92 Å². The Balaban J connectivity index is 2.36. The van der Waals surface area contributed by atoms with Gasteiger partial charge in [0.1, 0.15) is 0 Å². The molecule has 1 fully saturated rings. The van der Waals surface area contributed by atoms with E-state index in [1.165, 1.54) is 12.8 Å². The van der Waals surface area contributed by atoms with E-state index >= 15 is 0 Å². The summed E-state index contributed by atoms with van der Waals surface area (Å²) < 4.78 is 0. The van der Waals surface area contributed by atoms with Crippen molar-refractivity contribution in [1.29, 1.82) is 0 Å². The van der Waals surface area contributed by atoms with Crippen LogP contribution in [-0.4, -0.2) is 4.92 Å². The molecular weight excluding hydrogens is 214 g/mol. The van der Waals surface area contributed by atoms with Crippen LogP contribution >= 0.6 is 0 Å². The number of nitrogens with zero attached hydrogens (tertiary/aromatic N) is 1. The van der Waals surface area contributed by atoms with E-state index in [0.717, 1.165) is 17.5 Å². The van der Waals surface area contributed by atoms with E-state index in [1.54, 1.807) is 6.07 Å². The molecule has 92 valence electrons. The van der Waals surface area contributed by atoms with Crippen molar-refractivity contribution in [1.82, 2.24) is 0 Å². The van der Waals surface area contributed by atoms with Crippen LogP contribution in [0.1, 0.15) is 44.7 Å². The summed E-state index contributed by atoms with van der Waals surface area (Å²) in [6, 6.07) is 5.72. The molecule has 0 aromatic heterocycles. The van der Waals surface area contributed by atoms with Gasteiger partial charge in [-0.05, 0) is 36.2 Å². The van der Waals surface area contributed by atoms with Gasteiger partial charge in [0.25, 0.3) is 5.69 Å². The molecule has 1 aliphatic carbocycles. The fourth-order valence-corrected chi connectivity index (χ4v) is 2.01. The van der Waals surface area contributed by atoms with Crippen LogP contribution in [0, 0.1) is 16.0 Å². The number of rotatable bonds is 3. The van der Waals surface area contributed by atoms with E-state index in [0.29, 0.717) is 11.6 Å². The molecule has 1 aliphatic rings. The predicted octanol–water partition coefficient (Wildman–Crippen LogP) is 3.84. The molecule has 0 aliphatic heterocycles. The van der Waals surface area contributed by atoms with Gasteiger partial charge in [0.15, 0.2) is 0 Å². The molecule has 2 rings (SSSR count). The maximum atomic E-state index is 11.1. The number of nitro benzene ring substituents is 1. The summed E-state index contributed by atoms with van der Waals surface area (Å²) in [6.07, 6.45) is 3.30. The highest BCUT2D eigenvalue weighted by molar-refractivity contribution is 5.45. The summed E-state index contributed by atoms with van der Waals surface area (Å²) in [5.41, 5.74) is 2.18.